The molecule has 1 fully saturated rings. The second-order valence-electron chi connectivity index (χ2n) is 5.46. The van der Waals surface area contributed by atoms with Crippen molar-refractivity contribution in [2.75, 3.05) is 32.7 Å². The van der Waals surface area contributed by atoms with Gasteiger partial charge in [-0.1, -0.05) is 6.92 Å². The largest absolute Gasteiger partial charge is 0.329 e. The molecule has 0 aliphatic carbocycles. The van der Waals surface area contributed by atoms with Gasteiger partial charge >= 0.3 is 0 Å². The number of nitrogens with two attached hydrogens (primary N) is 1. The predicted octanol–water partition coefficient (Wildman–Crippen LogP) is 1.42. The van der Waals surface area contributed by atoms with Gasteiger partial charge in [0.2, 0.25) is 0 Å². The van der Waals surface area contributed by atoms with E-state index in [1.165, 1.54) is 11.1 Å². The van der Waals surface area contributed by atoms with E-state index in [4.69, 9.17) is 5.73 Å². The van der Waals surface area contributed by atoms with Crippen LogP contribution in [0.2, 0.25) is 0 Å². The molecule has 4 nitrogen and oxygen atoms in total. The molecule has 1 aliphatic rings. The van der Waals surface area contributed by atoms with Crippen molar-refractivity contribution < 1.29 is 0 Å². The third kappa shape index (κ3) is 3.14. The zero-order valence-electron chi connectivity index (χ0n) is 12.3. The van der Waals surface area contributed by atoms with E-state index in [9.17, 15) is 0 Å². The van der Waals surface area contributed by atoms with Crippen LogP contribution >= 0.6 is 0 Å². The molecule has 1 aliphatic heterocycles. The lowest BCUT2D eigenvalue weighted by molar-refractivity contribution is 0.0604. The van der Waals surface area contributed by atoms with Crippen LogP contribution in [0.5, 0.6) is 0 Å². The van der Waals surface area contributed by atoms with Crippen molar-refractivity contribution in [3.8, 4) is 0 Å². The Morgan fingerprint density at radius 2 is 2.26 bits per heavy atom. The summed E-state index contributed by atoms with van der Waals surface area (Å²) in [5, 5.41) is 0. The molecule has 1 saturated heterocycles. The lowest BCUT2D eigenvalue weighted by atomic mass is 10.0. The molecule has 2 heterocycles. The Balaban J connectivity index is 2.13. The van der Waals surface area contributed by atoms with Gasteiger partial charge < -0.3 is 5.73 Å². The minimum absolute atomic E-state index is 0.301. The van der Waals surface area contributed by atoms with Gasteiger partial charge in [0.15, 0.2) is 0 Å². The molecule has 0 aromatic carbocycles. The summed E-state index contributed by atoms with van der Waals surface area (Å²) >= 11 is 0. The van der Waals surface area contributed by atoms with Crippen LogP contribution in [-0.2, 0) is 0 Å². The van der Waals surface area contributed by atoms with Gasteiger partial charge in [0.05, 0.1) is 0 Å². The van der Waals surface area contributed by atoms with Gasteiger partial charge in [-0.3, -0.25) is 14.8 Å². The van der Waals surface area contributed by atoms with Gasteiger partial charge in [0, 0.05) is 50.7 Å². The molecule has 1 aromatic heterocycles. The lowest BCUT2D eigenvalue weighted by Gasteiger charge is -2.43. The average molecular weight is 262 g/mol. The first-order chi connectivity index (χ1) is 9.17. The molecule has 0 bridgehead atoms. The molecule has 0 amide bonds. The normalized spacial score (nSPS) is 23.5. The molecule has 2 N–H and O–H groups in total. The van der Waals surface area contributed by atoms with Gasteiger partial charge in [-0.15, -0.1) is 0 Å². The molecule has 2 atom stereocenters. The number of hydrogen-bond donors (Lipinski definition) is 1. The van der Waals surface area contributed by atoms with Crippen LogP contribution in [0.4, 0.5) is 0 Å². The van der Waals surface area contributed by atoms with Crippen LogP contribution in [-0.4, -0.2) is 53.5 Å². The molecule has 0 radical (unpaired) electrons. The first-order valence-electron chi connectivity index (χ1n) is 7.26. The van der Waals surface area contributed by atoms with E-state index >= 15 is 0 Å². The minimum atomic E-state index is 0.301. The van der Waals surface area contributed by atoms with Gasteiger partial charge in [-0.25, -0.2) is 0 Å². The summed E-state index contributed by atoms with van der Waals surface area (Å²) < 4.78 is 0. The summed E-state index contributed by atoms with van der Waals surface area (Å²) in [6.45, 7) is 11.8. The molecule has 1 aromatic rings. The second kappa shape index (κ2) is 6.46. The number of piperazine rings is 1. The van der Waals surface area contributed by atoms with Gasteiger partial charge in [0.25, 0.3) is 0 Å². The first kappa shape index (κ1) is 14.4. The van der Waals surface area contributed by atoms with E-state index in [0.29, 0.717) is 18.6 Å². The zero-order valence-corrected chi connectivity index (χ0v) is 12.3. The third-order valence-electron chi connectivity index (χ3n) is 4.31. The number of likely N-dealkylation sites (N-methyl/N-ethyl adjacent to an activating group) is 1. The van der Waals surface area contributed by atoms with E-state index in [0.717, 1.165) is 26.2 Å². The molecular formula is C15H26N4. The number of rotatable bonds is 4. The van der Waals surface area contributed by atoms with Crippen molar-refractivity contribution >= 4 is 0 Å². The van der Waals surface area contributed by atoms with Crippen LogP contribution in [0, 0.1) is 6.92 Å². The Labute approximate surface area is 116 Å². The topological polar surface area (TPSA) is 45.4 Å². The maximum atomic E-state index is 6.03. The maximum Gasteiger partial charge on any atom is 0.0489 e. The summed E-state index contributed by atoms with van der Waals surface area (Å²) in [6, 6.07) is 2.98. The number of nitrogens with zero attached hydrogens (tertiary/aromatic N) is 3. The molecule has 2 rings (SSSR count). The Morgan fingerprint density at radius 1 is 1.47 bits per heavy atom. The molecule has 4 heteroatoms. The first-order valence-corrected chi connectivity index (χ1v) is 7.26. The van der Waals surface area contributed by atoms with E-state index in [2.05, 4.69) is 41.6 Å². The van der Waals surface area contributed by atoms with E-state index in [1.54, 1.807) is 0 Å². The lowest BCUT2D eigenvalue weighted by Crippen LogP contribution is -2.53. The van der Waals surface area contributed by atoms with Gasteiger partial charge in [-0.05, 0) is 37.6 Å². The van der Waals surface area contributed by atoms with Crippen LogP contribution in [0.1, 0.15) is 31.0 Å². The number of pyridine rings is 1. The van der Waals surface area contributed by atoms with Gasteiger partial charge in [0.1, 0.15) is 0 Å². The highest BCUT2D eigenvalue weighted by Crippen LogP contribution is 2.24. The van der Waals surface area contributed by atoms with Crippen molar-refractivity contribution in [1.29, 1.82) is 0 Å². The highest BCUT2D eigenvalue weighted by molar-refractivity contribution is 5.25. The molecular weight excluding hydrogens is 236 g/mol. The fourth-order valence-electron chi connectivity index (χ4n) is 3.07. The molecule has 2 unspecified atom stereocenters. The van der Waals surface area contributed by atoms with Crippen molar-refractivity contribution in [3.63, 3.8) is 0 Å². The third-order valence-corrected chi connectivity index (χ3v) is 4.31. The fourth-order valence-corrected chi connectivity index (χ4v) is 3.07. The molecule has 106 valence electrons. The molecule has 19 heavy (non-hydrogen) atoms. The quantitative estimate of drug-likeness (QED) is 0.891. The van der Waals surface area contributed by atoms with Crippen molar-refractivity contribution in [2.24, 2.45) is 5.73 Å². The Morgan fingerprint density at radius 3 is 2.84 bits per heavy atom. The van der Waals surface area contributed by atoms with Gasteiger partial charge in [-0.2, -0.15) is 0 Å². The molecule has 0 saturated carbocycles. The maximum absolute atomic E-state index is 6.03. The summed E-state index contributed by atoms with van der Waals surface area (Å²) in [6.07, 6.45) is 3.83. The highest BCUT2D eigenvalue weighted by Gasteiger charge is 2.28. The van der Waals surface area contributed by atoms with Crippen molar-refractivity contribution in [1.82, 2.24) is 14.8 Å². The van der Waals surface area contributed by atoms with Crippen LogP contribution in [0.25, 0.3) is 0 Å². The van der Waals surface area contributed by atoms with Crippen LogP contribution in [0.3, 0.4) is 0 Å². The summed E-state index contributed by atoms with van der Waals surface area (Å²) in [5.74, 6) is 0. The monoisotopic (exact) mass is 262 g/mol. The van der Waals surface area contributed by atoms with Crippen LogP contribution in [0.15, 0.2) is 18.5 Å². The average Bonchev–Trinajstić information content (AvgIpc) is 2.42. The predicted molar refractivity (Wildman–Crippen MR) is 79.1 cm³/mol. The SMILES string of the molecule is CCN1CCN(C(CN)c2cnccc2C)CC1C. The Bertz CT molecular complexity index is 407. The van der Waals surface area contributed by atoms with E-state index in [-0.39, 0.29) is 0 Å². The standard InChI is InChI=1S/C15H26N4/c1-4-18-7-8-19(11-13(18)3)15(9-16)14-10-17-6-5-12(14)2/h5-6,10,13,15H,4,7-9,11,16H2,1-3H3. The summed E-state index contributed by atoms with van der Waals surface area (Å²) in [5.41, 5.74) is 8.60. The second-order valence-corrected chi connectivity index (χ2v) is 5.46. The number of hydrogen-bond acceptors (Lipinski definition) is 4. The Kier molecular flexibility index (Phi) is 4.91. The van der Waals surface area contributed by atoms with Crippen LogP contribution < -0.4 is 5.73 Å². The Hall–Kier alpha value is -0.970. The van der Waals surface area contributed by atoms with Crippen molar-refractivity contribution in [3.05, 3.63) is 29.6 Å². The number of aromatic nitrogens is 1. The zero-order chi connectivity index (χ0) is 13.8. The van der Waals surface area contributed by atoms with Crippen molar-refractivity contribution in [2.45, 2.75) is 32.9 Å². The highest BCUT2D eigenvalue weighted by atomic mass is 15.3. The summed E-state index contributed by atoms with van der Waals surface area (Å²) in [4.78, 5) is 9.31. The van der Waals surface area contributed by atoms with E-state index in [1.807, 2.05) is 12.4 Å². The number of aryl methyl sites for hydroxylation is 1. The minimum Gasteiger partial charge on any atom is -0.329 e. The smallest absolute Gasteiger partial charge is 0.0489 e. The van der Waals surface area contributed by atoms with E-state index < -0.39 is 0 Å². The summed E-state index contributed by atoms with van der Waals surface area (Å²) in [7, 11) is 0. The molecule has 0 spiro atoms. The fraction of sp³-hybridized carbons (Fsp3) is 0.667.